The van der Waals surface area contributed by atoms with E-state index in [9.17, 15) is 9.90 Å². The number of rotatable bonds is 5. The maximum Gasteiger partial charge on any atom is 0.263 e. The Balaban J connectivity index is 1.90. The van der Waals surface area contributed by atoms with E-state index in [0.29, 0.717) is 30.9 Å². The Kier molecular flexibility index (Phi) is 5.97. The first-order valence-electron chi connectivity index (χ1n) is 7.86. The summed E-state index contributed by atoms with van der Waals surface area (Å²) in [6.45, 7) is 6.84. The fraction of sp³-hybridized carbons (Fsp3) is 0.529. The minimum atomic E-state index is -0.632. The van der Waals surface area contributed by atoms with Gasteiger partial charge in [0.1, 0.15) is 11.8 Å². The first-order chi connectivity index (χ1) is 11.0. The van der Waals surface area contributed by atoms with E-state index < -0.39 is 6.10 Å². The Hall–Kier alpha value is -2.10. The summed E-state index contributed by atoms with van der Waals surface area (Å²) in [5, 5.41) is 18.5. The molecule has 1 aromatic rings. The van der Waals surface area contributed by atoms with Crippen LogP contribution in [0.25, 0.3) is 0 Å². The molecule has 124 valence electrons. The molecule has 6 heteroatoms. The lowest BCUT2D eigenvalue weighted by Gasteiger charge is -2.36. The predicted octanol–water partition coefficient (Wildman–Crippen LogP) is 0.851. The Morgan fingerprint density at radius 3 is 2.57 bits per heavy atom. The number of amides is 1. The molecule has 1 aliphatic rings. The van der Waals surface area contributed by atoms with Crippen LogP contribution in [0.15, 0.2) is 24.3 Å². The second-order valence-corrected chi connectivity index (χ2v) is 5.84. The highest BCUT2D eigenvalue weighted by Crippen LogP contribution is 2.19. The van der Waals surface area contributed by atoms with Gasteiger partial charge in [-0.25, -0.2) is 0 Å². The van der Waals surface area contributed by atoms with E-state index >= 15 is 0 Å². The molecule has 1 saturated heterocycles. The molecule has 0 bridgehead atoms. The number of ether oxygens (including phenoxy) is 1. The van der Waals surface area contributed by atoms with Crippen molar-refractivity contribution in [2.24, 2.45) is 0 Å². The largest absolute Gasteiger partial charge is 0.480 e. The van der Waals surface area contributed by atoms with Gasteiger partial charge in [0.05, 0.1) is 11.7 Å². The van der Waals surface area contributed by atoms with Crippen molar-refractivity contribution in [3.63, 3.8) is 0 Å². The highest BCUT2D eigenvalue weighted by Gasteiger charge is 2.26. The van der Waals surface area contributed by atoms with Crippen LogP contribution in [0.3, 0.4) is 0 Å². The van der Waals surface area contributed by atoms with Gasteiger partial charge in [-0.1, -0.05) is 12.1 Å². The molecule has 0 aliphatic carbocycles. The van der Waals surface area contributed by atoms with E-state index in [1.807, 2.05) is 0 Å². The Morgan fingerprint density at radius 1 is 1.30 bits per heavy atom. The zero-order chi connectivity index (χ0) is 16.8. The highest BCUT2D eigenvalue weighted by molar-refractivity contribution is 5.81. The summed E-state index contributed by atoms with van der Waals surface area (Å²) in [6, 6.07) is 8.97. The van der Waals surface area contributed by atoms with Gasteiger partial charge in [0, 0.05) is 32.7 Å². The van der Waals surface area contributed by atoms with Gasteiger partial charge in [0.25, 0.3) is 5.91 Å². The molecule has 1 aromatic carbocycles. The molecule has 0 spiro atoms. The second kappa shape index (κ2) is 7.95. The molecule has 6 nitrogen and oxygen atoms in total. The number of aliphatic hydroxyl groups excluding tert-OH is 1. The quantitative estimate of drug-likeness (QED) is 0.871. The number of aliphatic hydroxyl groups is 1. The summed E-state index contributed by atoms with van der Waals surface area (Å²) in [4.78, 5) is 16.4. The summed E-state index contributed by atoms with van der Waals surface area (Å²) < 4.78 is 5.68. The van der Waals surface area contributed by atoms with Crippen molar-refractivity contribution in [2.75, 3.05) is 32.7 Å². The van der Waals surface area contributed by atoms with Gasteiger partial charge in [-0.05, 0) is 26.0 Å². The van der Waals surface area contributed by atoms with Crippen molar-refractivity contribution >= 4 is 5.91 Å². The van der Waals surface area contributed by atoms with Crippen LogP contribution in [0.4, 0.5) is 0 Å². The molecule has 1 N–H and O–H groups in total. The summed E-state index contributed by atoms with van der Waals surface area (Å²) in [5.41, 5.74) is 0.425. The van der Waals surface area contributed by atoms with Crippen LogP contribution in [0, 0.1) is 11.3 Å². The molecule has 1 aliphatic heterocycles. The lowest BCUT2D eigenvalue weighted by Crippen LogP contribution is -2.52. The average molecular weight is 317 g/mol. The van der Waals surface area contributed by atoms with Crippen molar-refractivity contribution in [1.29, 1.82) is 5.26 Å². The van der Waals surface area contributed by atoms with Gasteiger partial charge < -0.3 is 14.7 Å². The number of benzene rings is 1. The molecule has 2 atom stereocenters. The smallest absolute Gasteiger partial charge is 0.263 e. The van der Waals surface area contributed by atoms with Crippen LogP contribution in [0.2, 0.25) is 0 Å². The van der Waals surface area contributed by atoms with Gasteiger partial charge in [-0.2, -0.15) is 5.26 Å². The van der Waals surface area contributed by atoms with Gasteiger partial charge >= 0.3 is 0 Å². The van der Waals surface area contributed by atoms with Gasteiger partial charge in [0.2, 0.25) is 0 Å². The zero-order valence-electron chi connectivity index (χ0n) is 13.6. The molecular weight excluding hydrogens is 294 g/mol. The summed E-state index contributed by atoms with van der Waals surface area (Å²) in [7, 11) is 0. The topological polar surface area (TPSA) is 76.8 Å². The monoisotopic (exact) mass is 317 g/mol. The molecule has 1 amide bonds. The zero-order valence-corrected chi connectivity index (χ0v) is 13.6. The number of carbonyl (C=O) groups is 1. The fourth-order valence-corrected chi connectivity index (χ4v) is 2.68. The Bertz CT molecular complexity index is 575. The lowest BCUT2D eigenvalue weighted by molar-refractivity contribution is -0.139. The molecule has 1 heterocycles. The summed E-state index contributed by atoms with van der Waals surface area (Å²) in [5.74, 6) is 0.359. The fourth-order valence-electron chi connectivity index (χ4n) is 2.68. The third kappa shape index (κ3) is 4.68. The van der Waals surface area contributed by atoms with Crippen LogP contribution < -0.4 is 4.74 Å². The summed E-state index contributed by atoms with van der Waals surface area (Å²) >= 11 is 0. The van der Waals surface area contributed by atoms with E-state index in [1.54, 1.807) is 43.0 Å². The number of piperazine rings is 1. The minimum Gasteiger partial charge on any atom is -0.480 e. The van der Waals surface area contributed by atoms with Crippen LogP contribution >= 0.6 is 0 Å². The van der Waals surface area contributed by atoms with Gasteiger partial charge in [0.15, 0.2) is 6.10 Å². The number of β-amino-alcohol motifs (C(OH)–C–C–N with tert-alkyl or cyclic N) is 1. The molecule has 0 radical (unpaired) electrons. The number of hydrogen-bond acceptors (Lipinski definition) is 5. The molecule has 23 heavy (non-hydrogen) atoms. The van der Waals surface area contributed by atoms with Crippen molar-refractivity contribution in [3.05, 3.63) is 29.8 Å². The SMILES string of the molecule is C[C@@H](O)CN1CCN(C(=O)[C@@H](C)Oc2ccccc2C#N)CC1. The molecule has 0 unspecified atom stereocenters. The number of carbonyl (C=O) groups excluding carboxylic acids is 1. The van der Waals surface area contributed by atoms with E-state index in [2.05, 4.69) is 11.0 Å². The standard InChI is InChI=1S/C17H23N3O3/c1-13(21)12-19-7-9-20(10-8-19)17(22)14(2)23-16-6-4-3-5-15(16)11-18/h3-6,13-14,21H,7-10,12H2,1-2H3/t13-,14-/m1/s1. The molecule has 0 aromatic heterocycles. The van der Waals surface area contributed by atoms with Crippen LogP contribution in [0.5, 0.6) is 5.75 Å². The van der Waals surface area contributed by atoms with Crippen LogP contribution in [0.1, 0.15) is 19.4 Å². The highest BCUT2D eigenvalue weighted by atomic mass is 16.5. The normalized spacial score (nSPS) is 18.1. The van der Waals surface area contributed by atoms with Crippen molar-refractivity contribution in [3.8, 4) is 11.8 Å². The van der Waals surface area contributed by atoms with Crippen LogP contribution in [-0.4, -0.2) is 65.7 Å². The molecule has 1 fully saturated rings. The first kappa shape index (κ1) is 17.3. The first-order valence-corrected chi connectivity index (χ1v) is 7.86. The summed E-state index contributed by atoms with van der Waals surface area (Å²) in [6.07, 6.45) is -0.991. The third-order valence-electron chi connectivity index (χ3n) is 3.87. The number of nitriles is 1. The Labute approximate surface area is 136 Å². The number of nitrogens with zero attached hydrogens (tertiary/aromatic N) is 3. The van der Waals surface area contributed by atoms with Crippen molar-refractivity contribution in [2.45, 2.75) is 26.1 Å². The Morgan fingerprint density at radius 2 is 1.96 bits per heavy atom. The van der Waals surface area contributed by atoms with E-state index in [-0.39, 0.29) is 12.0 Å². The molecule has 0 saturated carbocycles. The van der Waals surface area contributed by atoms with Crippen molar-refractivity contribution in [1.82, 2.24) is 9.80 Å². The maximum absolute atomic E-state index is 12.5. The molecule has 2 rings (SSSR count). The van der Waals surface area contributed by atoms with Gasteiger partial charge in [-0.3, -0.25) is 9.69 Å². The van der Waals surface area contributed by atoms with Crippen LogP contribution in [-0.2, 0) is 4.79 Å². The van der Waals surface area contributed by atoms with Crippen molar-refractivity contribution < 1.29 is 14.6 Å². The maximum atomic E-state index is 12.5. The number of para-hydroxylation sites is 1. The third-order valence-corrected chi connectivity index (χ3v) is 3.87. The predicted molar refractivity (Wildman–Crippen MR) is 85.9 cm³/mol. The lowest BCUT2D eigenvalue weighted by atomic mass is 10.2. The van der Waals surface area contributed by atoms with E-state index in [1.165, 1.54) is 0 Å². The van der Waals surface area contributed by atoms with Gasteiger partial charge in [-0.15, -0.1) is 0 Å². The second-order valence-electron chi connectivity index (χ2n) is 5.84. The molecular formula is C17H23N3O3. The average Bonchev–Trinajstić information content (AvgIpc) is 2.55. The van der Waals surface area contributed by atoms with E-state index in [0.717, 1.165) is 13.1 Å². The van der Waals surface area contributed by atoms with E-state index in [4.69, 9.17) is 10.00 Å². The number of hydrogen-bond donors (Lipinski definition) is 1. The minimum absolute atomic E-state index is 0.0746.